The number of aliphatic carboxylic acids is 1. The third-order valence-corrected chi connectivity index (χ3v) is 3.94. The third-order valence-electron chi connectivity index (χ3n) is 3.94. The van der Waals surface area contributed by atoms with E-state index in [2.05, 4.69) is 6.07 Å². The molecule has 0 aliphatic rings. The topological polar surface area (TPSA) is 79.5 Å². The highest BCUT2D eigenvalue weighted by Gasteiger charge is 2.34. The number of hydrogen-bond acceptors (Lipinski definition) is 4. The molecule has 0 aromatic heterocycles. The number of carbonyl (C=O) groups is 1. The highest BCUT2D eigenvalue weighted by Crippen LogP contribution is 2.32. The summed E-state index contributed by atoms with van der Waals surface area (Å²) in [5, 5.41) is 17.1. The number of ether oxygens (including phenoxy) is 2. The molecule has 1 N–H and O–H groups in total. The average molecular weight is 401 g/mol. The Morgan fingerprint density at radius 2 is 1.69 bits per heavy atom. The first kappa shape index (κ1) is 21.9. The van der Waals surface area contributed by atoms with Gasteiger partial charge in [0.05, 0.1) is 18.2 Å². The van der Waals surface area contributed by atoms with E-state index in [0.717, 1.165) is 25.3 Å². The van der Waals surface area contributed by atoms with E-state index in [-0.39, 0.29) is 11.3 Å². The van der Waals surface area contributed by atoms with Gasteiger partial charge in [0.15, 0.2) is 0 Å². The molecule has 7 heteroatoms. The molecule has 152 valence electrons. The van der Waals surface area contributed by atoms with Crippen molar-refractivity contribution in [1.29, 1.82) is 5.26 Å². The molecule has 0 unspecified atom stereocenters. The Hall–Kier alpha value is -3.40. The molecular formula is C22H21F2NO4. The van der Waals surface area contributed by atoms with Gasteiger partial charge in [0.1, 0.15) is 11.5 Å². The van der Waals surface area contributed by atoms with Gasteiger partial charge >= 0.3 is 12.1 Å². The number of nitrogens with zero attached hydrogens (tertiary/aromatic N) is 1. The first-order valence-corrected chi connectivity index (χ1v) is 9.09. The van der Waals surface area contributed by atoms with Crippen molar-refractivity contribution in [1.82, 2.24) is 0 Å². The van der Waals surface area contributed by atoms with Crippen LogP contribution in [0.4, 0.5) is 8.78 Å². The van der Waals surface area contributed by atoms with Crippen molar-refractivity contribution in [3.05, 3.63) is 65.7 Å². The summed E-state index contributed by atoms with van der Waals surface area (Å²) in [6, 6.07) is 13.2. The van der Waals surface area contributed by atoms with Crippen LogP contribution in [0, 0.1) is 11.3 Å². The molecular weight excluding hydrogens is 380 g/mol. The summed E-state index contributed by atoms with van der Waals surface area (Å²) in [7, 11) is 0. The lowest BCUT2D eigenvalue weighted by molar-refractivity contribution is -0.185. The quantitative estimate of drug-likeness (QED) is 0.404. The highest BCUT2D eigenvalue weighted by molar-refractivity contribution is 5.85. The Morgan fingerprint density at radius 3 is 2.31 bits per heavy atom. The molecule has 0 fully saturated rings. The summed E-state index contributed by atoms with van der Waals surface area (Å²) in [6.45, 7) is 0.491. The van der Waals surface area contributed by atoms with Crippen molar-refractivity contribution >= 4 is 12.0 Å². The van der Waals surface area contributed by atoms with E-state index >= 15 is 0 Å². The number of carboxylic acid groups (broad SMARTS) is 1. The van der Waals surface area contributed by atoms with Crippen molar-refractivity contribution in [2.75, 3.05) is 6.61 Å². The Balaban J connectivity index is 1.89. The van der Waals surface area contributed by atoms with E-state index in [0.29, 0.717) is 24.3 Å². The van der Waals surface area contributed by atoms with Crippen LogP contribution in [0.2, 0.25) is 0 Å². The molecule has 0 heterocycles. The molecule has 0 saturated carbocycles. The van der Waals surface area contributed by atoms with Gasteiger partial charge in [-0.15, -0.1) is 0 Å². The maximum absolute atomic E-state index is 14.3. The molecule has 0 bridgehead atoms. The number of nitriles is 1. The van der Waals surface area contributed by atoms with E-state index in [9.17, 15) is 13.6 Å². The number of rotatable bonds is 11. The van der Waals surface area contributed by atoms with Gasteiger partial charge in [0, 0.05) is 12.5 Å². The maximum Gasteiger partial charge on any atom is 0.426 e. The van der Waals surface area contributed by atoms with E-state index in [1.807, 2.05) is 0 Å². The molecule has 2 aromatic rings. The van der Waals surface area contributed by atoms with E-state index in [1.165, 1.54) is 42.5 Å². The summed E-state index contributed by atoms with van der Waals surface area (Å²) in [6.07, 6.45) is 1.77. The molecule has 0 spiro atoms. The highest BCUT2D eigenvalue weighted by atomic mass is 19.3. The lowest BCUT2D eigenvalue weighted by atomic mass is 10.1. The minimum Gasteiger partial charge on any atom is -0.494 e. The molecule has 0 aliphatic heterocycles. The second-order valence-corrected chi connectivity index (χ2v) is 6.20. The summed E-state index contributed by atoms with van der Waals surface area (Å²) >= 11 is 0. The predicted octanol–water partition coefficient (Wildman–Crippen LogP) is 5.38. The van der Waals surface area contributed by atoms with E-state index in [4.69, 9.17) is 19.8 Å². The summed E-state index contributed by atoms with van der Waals surface area (Å²) in [5.41, 5.74) is 0.142. The van der Waals surface area contributed by atoms with Gasteiger partial charge in [0.2, 0.25) is 0 Å². The van der Waals surface area contributed by atoms with Crippen LogP contribution < -0.4 is 9.47 Å². The Labute approximate surface area is 167 Å². The zero-order chi connectivity index (χ0) is 21.1. The van der Waals surface area contributed by atoms with Gasteiger partial charge in [-0.2, -0.15) is 14.0 Å². The second kappa shape index (κ2) is 10.8. The normalized spacial score (nSPS) is 11.2. The second-order valence-electron chi connectivity index (χ2n) is 6.20. The molecule has 2 rings (SSSR count). The Kier molecular flexibility index (Phi) is 8.16. The number of halogens is 2. The summed E-state index contributed by atoms with van der Waals surface area (Å²) in [5.74, 6) is -0.573. The number of carboxylic acids is 1. The van der Waals surface area contributed by atoms with Crippen LogP contribution >= 0.6 is 0 Å². The monoisotopic (exact) mass is 401 g/mol. The number of hydrogen-bond donors (Lipinski definition) is 1. The van der Waals surface area contributed by atoms with Gasteiger partial charge in [0.25, 0.3) is 0 Å². The third kappa shape index (κ3) is 7.62. The van der Waals surface area contributed by atoms with Crippen LogP contribution in [0.1, 0.15) is 36.8 Å². The molecule has 0 radical (unpaired) electrons. The number of unbranched alkanes of at least 4 members (excludes halogenated alkanes) is 3. The zero-order valence-electron chi connectivity index (χ0n) is 15.7. The molecule has 0 saturated heterocycles. The number of alkyl halides is 2. The standard InChI is InChI=1S/C22H21F2NO4/c23-22(24,18-8-5-17(6-9-18)7-14-21(26)27)29-20-12-10-19(11-13-20)28-16-4-2-1-3-15-25/h5-14H,1-4,16H2,(H,26,27). The van der Waals surface area contributed by atoms with Gasteiger partial charge in [-0.05, 0) is 67.3 Å². The molecule has 2 aromatic carbocycles. The minimum absolute atomic E-state index is 0.00813. The molecule has 0 amide bonds. The predicted molar refractivity (Wildman–Crippen MR) is 104 cm³/mol. The summed E-state index contributed by atoms with van der Waals surface area (Å²) in [4.78, 5) is 10.5. The van der Waals surface area contributed by atoms with Crippen LogP contribution in [0.15, 0.2) is 54.6 Å². The van der Waals surface area contributed by atoms with Crippen molar-refractivity contribution in [2.24, 2.45) is 0 Å². The first-order chi connectivity index (χ1) is 13.9. The van der Waals surface area contributed by atoms with Crippen molar-refractivity contribution < 1.29 is 28.2 Å². The minimum atomic E-state index is -3.54. The number of benzene rings is 2. The lowest BCUT2D eigenvalue weighted by Crippen LogP contribution is -2.21. The van der Waals surface area contributed by atoms with E-state index in [1.54, 1.807) is 12.1 Å². The molecule has 0 aliphatic carbocycles. The van der Waals surface area contributed by atoms with Crippen molar-refractivity contribution in [3.63, 3.8) is 0 Å². The fourth-order valence-corrected chi connectivity index (χ4v) is 2.44. The molecule has 5 nitrogen and oxygen atoms in total. The average Bonchev–Trinajstić information content (AvgIpc) is 2.70. The van der Waals surface area contributed by atoms with Crippen LogP contribution in [0.3, 0.4) is 0 Å². The van der Waals surface area contributed by atoms with Crippen LogP contribution in [0.5, 0.6) is 11.5 Å². The maximum atomic E-state index is 14.3. The van der Waals surface area contributed by atoms with Crippen molar-refractivity contribution in [2.45, 2.75) is 31.8 Å². The SMILES string of the molecule is N#CCCCCCOc1ccc(OC(F)(F)c2ccc(C=CC(=O)O)cc2)cc1. The first-order valence-electron chi connectivity index (χ1n) is 9.09. The lowest BCUT2D eigenvalue weighted by Gasteiger charge is -2.18. The fraction of sp³-hybridized carbons (Fsp3) is 0.273. The summed E-state index contributed by atoms with van der Waals surface area (Å²) < 4.78 is 39.1. The van der Waals surface area contributed by atoms with Gasteiger partial charge in [-0.25, -0.2) is 4.79 Å². The Morgan fingerprint density at radius 1 is 1.03 bits per heavy atom. The molecule has 0 atom stereocenters. The van der Waals surface area contributed by atoms with Gasteiger partial charge < -0.3 is 14.6 Å². The van der Waals surface area contributed by atoms with Crippen LogP contribution in [0.25, 0.3) is 6.08 Å². The van der Waals surface area contributed by atoms with Gasteiger partial charge in [-0.3, -0.25) is 0 Å². The van der Waals surface area contributed by atoms with Gasteiger partial charge in [-0.1, -0.05) is 12.1 Å². The van der Waals surface area contributed by atoms with Crippen LogP contribution in [-0.4, -0.2) is 17.7 Å². The fourth-order valence-electron chi connectivity index (χ4n) is 2.44. The van der Waals surface area contributed by atoms with Crippen molar-refractivity contribution in [3.8, 4) is 17.6 Å². The molecule has 29 heavy (non-hydrogen) atoms. The largest absolute Gasteiger partial charge is 0.494 e. The zero-order valence-corrected chi connectivity index (χ0v) is 15.7. The Bertz CT molecular complexity index is 856. The smallest absolute Gasteiger partial charge is 0.426 e. The van der Waals surface area contributed by atoms with Crippen LogP contribution in [-0.2, 0) is 10.9 Å². The van der Waals surface area contributed by atoms with E-state index < -0.39 is 12.1 Å².